The van der Waals surface area contributed by atoms with Crippen LogP contribution in [0.3, 0.4) is 0 Å². The molecule has 0 radical (unpaired) electrons. The summed E-state index contributed by atoms with van der Waals surface area (Å²) in [5.74, 6) is 0.850. The van der Waals surface area contributed by atoms with E-state index >= 15 is 0 Å². The van der Waals surface area contributed by atoms with Gasteiger partial charge in [-0.2, -0.15) is 0 Å². The van der Waals surface area contributed by atoms with Crippen molar-refractivity contribution >= 4 is 5.69 Å². The molecule has 0 N–H and O–H groups in total. The molecular formula is C35H47NO. The molecule has 1 aromatic carbocycles. The Morgan fingerprint density at radius 3 is 1.78 bits per heavy atom. The van der Waals surface area contributed by atoms with E-state index in [4.69, 9.17) is 4.74 Å². The summed E-state index contributed by atoms with van der Waals surface area (Å²) in [6.45, 7) is 27.2. The van der Waals surface area contributed by atoms with Crippen LogP contribution in [0, 0.1) is 34.2 Å². The maximum Gasteiger partial charge on any atom is 0.158 e. The zero-order valence-electron chi connectivity index (χ0n) is 25.5. The first-order valence-electron chi connectivity index (χ1n) is 13.4. The van der Waals surface area contributed by atoms with E-state index in [2.05, 4.69) is 137 Å². The van der Waals surface area contributed by atoms with Gasteiger partial charge in [0.15, 0.2) is 5.70 Å². The van der Waals surface area contributed by atoms with E-state index in [-0.39, 0.29) is 21.7 Å². The lowest BCUT2D eigenvalue weighted by Crippen LogP contribution is -2.28. The Hall–Kier alpha value is -2.92. The minimum absolute atomic E-state index is 0.0286. The highest BCUT2D eigenvalue weighted by atomic mass is 16.5. The Morgan fingerprint density at radius 1 is 0.730 bits per heavy atom. The van der Waals surface area contributed by atoms with Gasteiger partial charge in [-0.3, -0.25) is 5.73 Å². The van der Waals surface area contributed by atoms with Gasteiger partial charge < -0.3 is 9.64 Å². The quantitative estimate of drug-likeness (QED) is 0.303. The zero-order valence-corrected chi connectivity index (χ0v) is 25.5. The summed E-state index contributed by atoms with van der Waals surface area (Å²) in [6.07, 6.45) is 13.0. The van der Waals surface area contributed by atoms with Crippen LogP contribution in [0.5, 0.6) is 5.75 Å². The molecule has 3 rings (SSSR count). The van der Waals surface area contributed by atoms with Gasteiger partial charge in [-0.25, -0.2) is 0 Å². The van der Waals surface area contributed by atoms with Crippen LogP contribution in [0.25, 0.3) is 0 Å². The molecule has 0 fully saturated rings. The van der Waals surface area contributed by atoms with Crippen molar-refractivity contribution in [2.24, 2.45) is 21.7 Å². The van der Waals surface area contributed by atoms with Crippen molar-refractivity contribution in [2.75, 3.05) is 12.0 Å². The van der Waals surface area contributed by atoms with Crippen molar-refractivity contribution in [1.29, 1.82) is 0 Å². The molecule has 0 amide bonds. The Morgan fingerprint density at radius 2 is 1.32 bits per heavy atom. The Bertz CT molecular complexity index is 1200. The maximum absolute atomic E-state index is 5.49. The summed E-state index contributed by atoms with van der Waals surface area (Å²) in [6, 6.07) is 8.37. The average Bonchev–Trinajstić information content (AvgIpc) is 2.77. The average molecular weight is 498 g/mol. The second-order valence-corrected chi connectivity index (χ2v) is 14.4. The summed E-state index contributed by atoms with van der Waals surface area (Å²) in [5, 5.41) is 0. The van der Waals surface area contributed by atoms with Crippen LogP contribution in [0.1, 0.15) is 83.1 Å². The molecular weight excluding hydrogens is 450 g/mol. The third-order valence-electron chi connectivity index (χ3n) is 6.79. The number of hydrogen-bond acceptors (Lipinski definition) is 2. The number of anilines is 1. The number of ether oxygens (including phenoxy) is 1. The second kappa shape index (κ2) is 9.75. The largest absolute Gasteiger partial charge is 0.497 e. The van der Waals surface area contributed by atoms with Crippen LogP contribution < -0.4 is 9.64 Å². The highest BCUT2D eigenvalue weighted by Crippen LogP contribution is 2.43. The SMILES string of the molecule is COc1ccc(N(C2=CC(C(C)(C)C)=[C+]C(C(C)(C)C)=C2)C2=CC(C(C)(C)C)=C=C(C(C)(C)C)[CH-]2)cc1. The van der Waals surface area contributed by atoms with Crippen molar-refractivity contribution < 1.29 is 4.74 Å². The molecule has 2 heteroatoms. The van der Waals surface area contributed by atoms with Crippen molar-refractivity contribution in [3.8, 4) is 5.75 Å². The van der Waals surface area contributed by atoms with E-state index < -0.39 is 0 Å². The first-order valence-corrected chi connectivity index (χ1v) is 13.4. The fourth-order valence-electron chi connectivity index (χ4n) is 4.16. The van der Waals surface area contributed by atoms with Gasteiger partial charge in [0.05, 0.1) is 19.3 Å². The molecule has 0 aromatic heterocycles. The molecule has 0 aliphatic heterocycles. The molecule has 0 spiro atoms. The van der Waals surface area contributed by atoms with E-state index in [1.165, 1.54) is 22.3 Å². The van der Waals surface area contributed by atoms with Crippen LogP contribution in [-0.4, -0.2) is 7.11 Å². The first kappa shape index (κ1) is 28.6. The fourth-order valence-corrected chi connectivity index (χ4v) is 4.16. The van der Waals surface area contributed by atoms with Crippen LogP contribution in [0.2, 0.25) is 0 Å². The summed E-state index contributed by atoms with van der Waals surface area (Å²) >= 11 is 0. The Kier molecular flexibility index (Phi) is 7.55. The van der Waals surface area contributed by atoms with Gasteiger partial charge in [-0.15, -0.1) is 23.6 Å². The predicted octanol–water partition coefficient (Wildman–Crippen LogP) is 9.79. The van der Waals surface area contributed by atoms with Gasteiger partial charge in [-0.05, 0) is 35.1 Å². The van der Waals surface area contributed by atoms with Crippen LogP contribution in [0.4, 0.5) is 5.69 Å². The fraction of sp³-hybridized carbons (Fsp3) is 0.486. The number of benzene rings is 1. The molecule has 0 atom stereocenters. The van der Waals surface area contributed by atoms with Gasteiger partial charge >= 0.3 is 0 Å². The molecule has 0 unspecified atom stereocenters. The number of rotatable bonds is 4. The number of nitrogens with zero attached hydrogens (tertiary/aromatic N) is 1. The molecule has 2 nitrogen and oxygen atoms in total. The predicted molar refractivity (Wildman–Crippen MR) is 159 cm³/mol. The molecule has 2 aliphatic carbocycles. The third-order valence-corrected chi connectivity index (χ3v) is 6.79. The monoisotopic (exact) mass is 497 g/mol. The van der Waals surface area contributed by atoms with Gasteiger partial charge in [0, 0.05) is 22.6 Å². The first-order chi connectivity index (χ1) is 16.8. The topological polar surface area (TPSA) is 12.5 Å². The second-order valence-electron chi connectivity index (χ2n) is 14.4. The standard InChI is InChI=1S/C35H47NO/c1-32(2,3)24-18-25(33(4,5)6)21-29(20-24)36(28-14-16-31(37-13)17-15-28)30-22-26(34(7,8)9)19-27(23-30)35(10,11)12/h14-17,20-23H,1-13H3. The third kappa shape index (κ3) is 6.70. The number of allylic oxidation sites excluding steroid dienone is 7. The molecule has 0 heterocycles. The summed E-state index contributed by atoms with van der Waals surface area (Å²) in [7, 11) is 1.71. The molecule has 1 aromatic rings. The lowest BCUT2D eigenvalue weighted by Gasteiger charge is -2.40. The zero-order chi connectivity index (χ0) is 28.0. The molecule has 0 saturated carbocycles. The molecule has 37 heavy (non-hydrogen) atoms. The van der Waals surface area contributed by atoms with Gasteiger partial charge in [0.2, 0.25) is 0 Å². The van der Waals surface area contributed by atoms with Crippen molar-refractivity contribution in [3.05, 3.63) is 94.4 Å². The van der Waals surface area contributed by atoms with Crippen molar-refractivity contribution in [3.63, 3.8) is 0 Å². The van der Waals surface area contributed by atoms with Crippen molar-refractivity contribution in [2.45, 2.75) is 83.1 Å². The lowest BCUT2D eigenvalue weighted by atomic mass is 9.76. The highest BCUT2D eigenvalue weighted by molar-refractivity contribution is 5.68. The van der Waals surface area contributed by atoms with Gasteiger partial charge in [-0.1, -0.05) is 88.8 Å². The summed E-state index contributed by atoms with van der Waals surface area (Å²) in [5.41, 5.74) is 11.9. The van der Waals surface area contributed by atoms with E-state index in [9.17, 15) is 0 Å². The van der Waals surface area contributed by atoms with E-state index in [1.54, 1.807) is 7.11 Å². The summed E-state index contributed by atoms with van der Waals surface area (Å²) < 4.78 is 5.49. The number of hydrogen-bond donors (Lipinski definition) is 0. The molecule has 0 bridgehead atoms. The highest BCUT2D eigenvalue weighted by Gasteiger charge is 2.34. The van der Waals surface area contributed by atoms with Gasteiger partial charge in [0.1, 0.15) is 16.9 Å². The molecule has 0 saturated heterocycles. The minimum atomic E-state index is -0.0286. The Labute approximate surface area is 227 Å². The van der Waals surface area contributed by atoms with Crippen LogP contribution >= 0.6 is 0 Å². The van der Waals surface area contributed by atoms with E-state index in [0.717, 1.165) is 22.8 Å². The van der Waals surface area contributed by atoms with Crippen LogP contribution in [-0.2, 0) is 0 Å². The molecule has 198 valence electrons. The Balaban J connectivity index is 2.30. The number of methoxy groups -OCH3 is 1. The van der Waals surface area contributed by atoms with E-state index in [1.807, 2.05) is 12.1 Å². The lowest BCUT2D eigenvalue weighted by molar-refractivity contribution is 0.415. The minimum Gasteiger partial charge on any atom is -0.497 e. The van der Waals surface area contributed by atoms with Gasteiger partial charge in [0.25, 0.3) is 0 Å². The normalized spacial score (nSPS) is 16.8. The van der Waals surface area contributed by atoms with E-state index in [0.29, 0.717) is 0 Å². The van der Waals surface area contributed by atoms with Crippen molar-refractivity contribution in [1.82, 2.24) is 0 Å². The molecule has 2 aliphatic rings. The smallest absolute Gasteiger partial charge is 0.158 e. The van der Waals surface area contributed by atoms with Crippen LogP contribution in [0.15, 0.2) is 81.9 Å². The summed E-state index contributed by atoms with van der Waals surface area (Å²) in [4.78, 5) is 2.38. The maximum atomic E-state index is 5.49.